The lowest BCUT2D eigenvalue weighted by Crippen LogP contribution is -2.00. The highest BCUT2D eigenvalue weighted by Crippen LogP contribution is 2.23. The van der Waals surface area contributed by atoms with Gasteiger partial charge in [0.25, 0.3) is 0 Å². The van der Waals surface area contributed by atoms with Crippen LogP contribution in [0.5, 0.6) is 0 Å². The molecular formula is C29H59. The Morgan fingerprint density at radius 2 is 0.655 bits per heavy atom. The summed E-state index contributed by atoms with van der Waals surface area (Å²) in [6.45, 7) is 8.74. The first-order valence-corrected chi connectivity index (χ1v) is 14.1. The molecule has 0 bridgehead atoms. The zero-order valence-corrected chi connectivity index (χ0v) is 21.0. The fourth-order valence-electron chi connectivity index (χ4n) is 4.74. The molecule has 29 heavy (non-hydrogen) atoms. The summed E-state index contributed by atoms with van der Waals surface area (Å²) in [5.74, 6) is 0.972. The number of unbranched alkanes of at least 4 members (excludes halogenated alkanes) is 19. The van der Waals surface area contributed by atoms with Crippen LogP contribution in [-0.4, -0.2) is 0 Å². The van der Waals surface area contributed by atoms with Crippen LogP contribution in [0.1, 0.15) is 174 Å². The minimum Gasteiger partial charge on any atom is -0.0654 e. The van der Waals surface area contributed by atoms with Gasteiger partial charge in [0.1, 0.15) is 0 Å². The average molecular weight is 408 g/mol. The number of hydrogen-bond acceptors (Lipinski definition) is 0. The van der Waals surface area contributed by atoms with Crippen molar-refractivity contribution >= 4 is 0 Å². The second-order valence-corrected chi connectivity index (χ2v) is 9.80. The van der Waals surface area contributed by atoms with E-state index in [4.69, 9.17) is 0 Å². The average Bonchev–Trinajstić information content (AvgIpc) is 2.73. The van der Waals surface area contributed by atoms with Crippen LogP contribution in [0.15, 0.2) is 0 Å². The van der Waals surface area contributed by atoms with Gasteiger partial charge in [-0.1, -0.05) is 181 Å². The minimum absolute atomic E-state index is 0.972. The molecule has 1 atom stereocenters. The lowest BCUT2D eigenvalue weighted by Gasteiger charge is -2.16. The molecule has 0 spiro atoms. The molecule has 1 unspecified atom stereocenters. The van der Waals surface area contributed by atoms with Crippen molar-refractivity contribution in [3.63, 3.8) is 0 Å². The van der Waals surface area contributed by atoms with Crippen LogP contribution in [0, 0.1) is 12.8 Å². The molecule has 0 saturated heterocycles. The molecule has 0 nitrogen and oxygen atoms in total. The van der Waals surface area contributed by atoms with E-state index in [2.05, 4.69) is 20.8 Å². The van der Waals surface area contributed by atoms with E-state index in [-0.39, 0.29) is 0 Å². The number of rotatable bonds is 25. The summed E-state index contributed by atoms with van der Waals surface area (Å²) in [4.78, 5) is 0. The van der Waals surface area contributed by atoms with Crippen LogP contribution < -0.4 is 0 Å². The molecule has 0 aliphatic carbocycles. The highest BCUT2D eigenvalue weighted by molar-refractivity contribution is 4.62. The Morgan fingerprint density at radius 3 is 0.931 bits per heavy atom. The summed E-state index contributed by atoms with van der Waals surface area (Å²) < 4.78 is 0. The second kappa shape index (κ2) is 26.0. The molecule has 0 rings (SSSR count). The fraction of sp³-hybridized carbons (Fsp3) is 0.966. The summed E-state index contributed by atoms with van der Waals surface area (Å²) in [7, 11) is 0. The van der Waals surface area contributed by atoms with Crippen LogP contribution in [0.3, 0.4) is 0 Å². The van der Waals surface area contributed by atoms with E-state index in [0.29, 0.717) is 0 Å². The SMILES string of the molecule is [CH2]CCC(CCCCCCCCCCC)CCCCCCCCCCCCCC. The first-order chi connectivity index (χ1) is 14.3. The lowest BCUT2D eigenvalue weighted by molar-refractivity contribution is 0.381. The van der Waals surface area contributed by atoms with Crippen molar-refractivity contribution in [3.05, 3.63) is 6.92 Å². The smallest absolute Gasteiger partial charge is 0.0414 e. The highest BCUT2D eigenvalue weighted by Gasteiger charge is 2.07. The minimum atomic E-state index is 0.972. The van der Waals surface area contributed by atoms with Crippen molar-refractivity contribution in [2.45, 2.75) is 174 Å². The summed E-state index contributed by atoms with van der Waals surface area (Å²) in [6, 6.07) is 0. The Balaban J connectivity index is 3.39. The third-order valence-electron chi connectivity index (χ3n) is 6.79. The van der Waals surface area contributed by atoms with Gasteiger partial charge >= 0.3 is 0 Å². The van der Waals surface area contributed by atoms with E-state index in [1.807, 2.05) is 0 Å². The van der Waals surface area contributed by atoms with Gasteiger partial charge in [0.2, 0.25) is 0 Å². The second-order valence-electron chi connectivity index (χ2n) is 9.80. The first-order valence-electron chi connectivity index (χ1n) is 14.1. The van der Waals surface area contributed by atoms with Crippen LogP contribution >= 0.6 is 0 Å². The molecule has 175 valence electrons. The summed E-state index contributed by atoms with van der Waals surface area (Å²) in [5.41, 5.74) is 0. The zero-order valence-electron chi connectivity index (χ0n) is 21.0. The first kappa shape index (κ1) is 29.0. The van der Waals surface area contributed by atoms with E-state index in [9.17, 15) is 0 Å². The molecule has 0 aliphatic rings. The van der Waals surface area contributed by atoms with E-state index in [1.54, 1.807) is 0 Å². The van der Waals surface area contributed by atoms with Gasteiger partial charge in [0.15, 0.2) is 0 Å². The predicted octanol–water partition coefficient (Wildman–Crippen LogP) is 11.2. The van der Waals surface area contributed by atoms with Gasteiger partial charge in [0, 0.05) is 0 Å². The third kappa shape index (κ3) is 24.1. The topological polar surface area (TPSA) is 0 Å². The fourth-order valence-corrected chi connectivity index (χ4v) is 4.74. The maximum atomic E-state index is 4.13. The monoisotopic (exact) mass is 407 g/mol. The van der Waals surface area contributed by atoms with Crippen molar-refractivity contribution < 1.29 is 0 Å². The van der Waals surface area contributed by atoms with Gasteiger partial charge in [-0.05, 0) is 5.92 Å². The summed E-state index contributed by atoms with van der Waals surface area (Å²) in [5, 5.41) is 0. The van der Waals surface area contributed by atoms with Gasteiger partial charge in [-0.15, -0.1) is 0 Å². The Kier molecular flexibility index (Phi) is 26.0. The molecule has 1 radical (unpaired) electrons. The van der Waals surface area contributed by atoms with E-state index >= 15 is 0 Å². The maximum Gasteiger partial charge on any atom is -0.0414 e. The maximum absolute atomic E-state index is 4.13. The quantitative estimate of drug-likeness (QED) is 0.132. The molecule has 0 heterocycles. The Bertz CT molecular complexity index is 269. The number of hydrogen-bond donors (Lipinski definition) is 0. The van der Waals surface area contributed by atoms with Crippen molar-refractivity contribution in [1.82, 2.24) is 0 Å². The van der Waals surface area contributed by atoms with Crippen molar-refractivity contribution in [2.24, 2.45) is 5.92 Å². The molecule has 0 saturated carbocycles. The molecule has 0 aromatic rings. The van der Waals surface area contributed by atoms with Crippen LogP contribution in [0.4, 0.5) is 0 Å². The summed E-state index contributed by atoms with van der Waals surface area (Å²) in [6.07, 6.45) is 36.1. The highest BCUT2D eigenvalue weighted by atomic mass is 14.1. The van der Waals surface area contributed by atoms with Gasteiger partial charge in [0.05, 0.1) is 0 Å². The largest absolute Gasteiger partial charge is 0.0654 e. The Labute approximate surface area is 187 Å². The molecule has 0 amide bonds. The standard InChI is InChI=1S/C29H59/c1-4-7-9-11-13-15-16-17-19-21-23-25-28-29(26-6-3)27-24-22-20-18-14-12-10-8-5-2/h29H,3-28H2,1-2H3. The van der Waals surface area contributed by atoms with E-state index in [1.165, 1.54) is 154 Å². The zero-order chi connectivity index (χ0) is 21.3. The molecule has 0 aromatic heterocycles. The Hall–Kier alpha value is 0. The molecular weight excluding hydrogens is 348 g/mol. The van der Waals surface area contributed by atoms with Gasteiger partial charge in [-0.25, -0.2) is 0 Å². The van der Waals surface area contributed by atoms with Gasteiger partial charge in [-0.2, -0.15) is 0 Å². The normalized spacial score (nSPS) is 12.5. The van der Waals surface area contributed by atoms with Crippen molar-refractivity contribution in [2.75, 3.05) is 0 Å². The Morgan fingerprint density at radius 1 is 0.379 bits per heavy atom. The molecule has 0 N–H and O–H groups in total. The van der Waals surface area contributed by atoms with Gasteiger partial charge < -0.3 is 0 Å². The predicted molar refractivity (Wildman–Crippen MR) is 136 cm³/mol. The molecule has 0 heteroatoms. The van der Waals surface area contributed by atoms with Crippen LogP contribution in [0.25, 0.3) is 0 Å². The third-order valence-corrected chi connectivity index (χ3v) is 6.79. The lowest BCUT2D eigenvalue weighted by atomic mass is 9.90. The molecule has 0 aliphatic heterocycles. The van der Waals surface area contributed by atoms with Crippen LogP contribution in [-0.2, 0) is 0 Å². The summed E-state index contributed by atoms with van der Waals surface area (Å²) >= 11 is 0. The van der Waals surface area contributed by atoms with Crippen molar-refractivity contribution in [1.29, 1.82) is 0 Å². The van der Waals surface area contributed by atoms with Crippen molar-refractivity contribution in [3.8, 4) is 0 Å². The molecule has 0 aromatic carbocycles. The van der Waals surface area contributed by atoms with E-state index < -0.39 is 0 Å². The van der Waals surface area contributed by atoms with E-state index in [0.717, 1.165) is 12.3 Å². The van der Waals surface area contributed by atoms with Gasteiger partial charge in [-0.3, -0.25) is 0 Å². The van der Waals surface area contributed by atoms with Crippen LogP contribution in [0.2, 0.25) is 0 Å². The molecule has 0 fully saturated rings.